The van der Waals surface area contributed by atoms with E-state index in [1.807, 2.05) is 0 Å². The lowest BCUT2D eigenvalue weighted by atomic mass is 9.85. The zero-order chi connectivity index (χ0) is 9.68. The van der Waals surface area contributed by atoms with Crippen LogP contribution in [0.15, 0.2) is 0 Å². The van der Waals surface area contributed by atoms with Gasteiger partial charge in [-0.15, -0.1) is 0 Å². The molecule has 2 nitrogen and oxygen atoms in total. The van der Waals surface area contributed by atoms with Crippen LogP contribution >= 0.6 is 0 Å². The first-order valence-electron chi connectivity index (χ1n) is 5.64. The van der Waals surface area contributed by atoms with E-state index in [9.17, 15) is 0 Å². The van der Waals surface area contributed by atoms with E-state index >= 15 is 0 Å². The number of rotatable bonds is 6. The first-order valence-corrected chi connectivity index (χ1v) is 5.64. The van der Waals surface area contributed by atoms with Crippen molar-refractivity contribution in [1.82, 2.24) is 10.2 Å². The summed E-state index contributed by atoms with van der Waals surface area (Å²) >= 11 is 0. The monoisotopic (exact) mass is 184 g/mol. The van der Waals surface area contributed by atoms with E-state index in [0.29, 0.717) is 6.04 Å². The Labute approximate surface area is 82.7 Å². The maximum atomic E-state index is 3.61. The largest absolute Gasteiger partial charge is 0.313 e. The third-order valence-corrected chi connectivity index (χ3v) is 3.11. The van der Waals surface area contributed by atoms with Crippen LogP contribution in [0.4, 0.5) is 0 Å². The molecule has 0 aromatic rings. The Morgan fingerprint density at radius 3 is 2.62 bits per heavy atom. The molecule has 0 aromatic heterocycles. The maximum Gasteiger partial charge on any atom is 0.0166 e. The molecule has 1 atom stereocenters. The summed E-state index contributed by atoms with van der Waals surface area (Å²) in [6.07, 6.45) is 4.35. The normalized spacial score (nSPS) is 20.3. The molecule has 1 saturated carbocycles. The van der Waals surface area contributed by atoms with Gasteiger partial charge in [-0.1, -0.05) is 13.3 Å². The quantitative estimate of drug-likeness (QED) is 0.676. The summed E-state index contributed by atoms with van der Waals surface area (Å²) in [4.78, 5) is 2.36. The summed E-state index contributed by atoms with van der Waals surface area (Å²) in [5.74, 6) is 0.981. The lowest BCUT2D eigenvalue weighted by Gasteiger charge is -2.28. The average molecular weight is 184 g/mol. The second kappa shape index (κ2) is 5.61. The van der Waals surface area contributed by atoms with Crippen LogP contribution in [0.25, 0.3) is 0 Å². The summed E-state index contributed by atoms with van der Waals surface area (Å²) in [6.45, 7) is 8.04. The summed E-state index contributed by atoms with van der Waals surface area (Å²) in [7, 11) is 2.18. The molecule has 1 fully saturated rings. The molecule has 0 spiro atoms. The van der Waals surface area contributed by atoms with Crippen molar-refractivity contribution in [2.75, 3.05) is 26.7 Å². The molecular formula is C11H24N2. The Morgan fingerprint density at radius 2 is 2.15 bits per heavy atom. The minimum absolute atomic E-state index is 0.644. The highest BCUT2D eigenvalue weighted by Gasteiger charge is 2.17. The van der Waals surface area contributed by atoms with E-state index in [1.54, 1.807) is 0 Å². The summed E-state index contributed by atoms with van der Waals surface area (Å²) in [6, 6.07) is 0.644. The molecule has 1 unspecified atom stereocenters. The Morgan fingerprint density at radius 1 is 1.46 bits per heavy atom. The molecule has 1 aliphatic rings. The van der Waals surface area contributed by atoms with Crippen LogP contribution in [0.1, 0.15) is 33.1 Å². The highest BCUT2D eigenvalue weighted by atomic mass is 15.1. The minimum Gasteiger partial charge on any atom is -0.313 e. The Hall–Kier alpha value is -0.0800. The molecule has 0 aliphatic heterocycles. The van der Waals surface area contributed by atoms with Crippen LogP contribution in [0.3, 0.4) is 0 Å². The van der Waals surface area contributed by atoms with Crippen molar-refractivity contribution >= 4 is 0 Å². The highest BCUT2D eigenvalue weighted by molar-refractivity contribution is 4.74. The smallest absolute Gasteiger partial charge is 0.0166 e. The molecule has 0 bridgehead atoms. The number of hydrogen-bond acceptors (Lipinski definition) is 2. The third kappa shape index (κ3) is 4.10. The van der Waals surface area contributed by atoms with Gasteiger partial charge in [0.05, 0.1) is 0 Å². The van der Waals surface area contributed by atoms with Crippen molar-refractivity contribution in [3.05, 3.63) is 0 Å². The van der Waals surface area contributed by atoms with Gasteiger partial charge in [-0.3, -0.25) is 0 Å². The van der Waals surface area contributed by atoms with Crippen LogP contribution in [-0.4, -0.2) is 37.6 Å². The third-order valence-electron chi connectivity index (χ3n) is 3.11. The molecule has 1 rings (SSSR count). The lowest BCUT2D eigenvalue weighted by molar-refractivity contribution is 0.263. The summed E-state index contributed by atoms with van der Waals surface area (Å²) in [5, 5.41) is 3.61. The average Bonchev–Trinajstić information content (AvgIpc) is 2.01. The van der Waals surface area contributed by atoms with E-state index < -0.39 is 0 Å². The SMILES string of the molecule is CCN(C)CC(C)NCC1CCC1. The molecule has 13 heavy (non-hydrogen) atoms. The molecule has 0 radical (unpaired) electrons. The van der Waals surface area contributed by atoms with Gasteiger partial charge >= 0.3 is 0 Å². The van der Waals surface area contributed by atoms with Crippen molar-refractivity contribution in [3.63, 3.8) is 0 Å². The Balaban J connectivity index is 1.99. The van der Waals surface area contributed by atoms with Gasteiger partial charge in [-0.2, -0.15) is 0 Å². The van der Waals surface area contributed by atoms with Crippen molar-refractivity contribution in [3.8, 4) is 0 Å². The van der Waals surface area contributed by atoms with Gasteiger partial charge < -0.3 is 10.2 Å². The first-order chi connectivity index (χ1) is 6.22. The van der Waals surface area contributed by atoms with Crippen molar-refractivity contribution in [2.24, 2.45) is 5.92 Å². The Kier molecular flexibility index (Phi) is 4.74. The second-order valence-electron chi connectivity index (χ2n) is 4.46. The van der Waals surface area contributed by atoms with Crippen LogP contribution < -0.4 is 5.32 Å². The molecule has 0 aromatic carbocycles. The molecule has 0 amide bonds. The highest BCUT2D eigenvalue weighted by Crippen LogP contribution is 2.25. The fraction of sp³-hybridized carbons (Fsp3) is 1.00. The first kappa shape index (κ1) is 11.0. The Bertz CT molecular complexity index is 132. The number of hydrogen-bond donors (Lipinski definition) is 1. The number of nitrogens with zero attached hydrogens (tertiary/aromatic N) is 1. The van der Waals surface area contributed by atoms with E-state index in [-0.39, 0.29) is 0 Å². The molecular weight excluding hydrogens is 160 g/mol. The molecule has 0 saturated heterocycles. The zero-order valence-electron chi connectivity index (χ0n) is 9.34. The topological polar surface area (TPSA) is 15.3 Å². The van der Waals surface area contributed by atoms with Gasteiger partial charge in [0.2, 0.25) is 0 Å². The fourth-order valence-corrected chi connectivity index (χ4v) is 1.73. The molecule has 1 aliphatic carbocycles. The number of nitrogens with one attached hydrogen (secondary N) is 1. The van der Waals surface area contributed by atoms with E-state index in [1.165, 1.54) is 32.4 Å². The summed E-state index contributed by atoms with van der Waals surface area (Å²) in [5.41, 5.74) is 0. The van der Waals surface area contributed by atoms with Crippen LogP contribution in [0, 0.1) is 5.92 Å². The van der Waals surface area contributed by atoms with Gasteiger partial charge in [-0.05, 0) is 45.8 Å². The van der Waals surface area contributed by atoms with Crippen LogP contribution in [0.2, 0.25) is 0 Å². The fourth-order valence-electron chi connectivity index (χ4n) is 1.73. The van der Waals surface area contributed by atoms with E-state index in [4.69, 9.17) is 0 Å². The lowest BCUT2D eigenvalue weighted by Crippen LogP contribution is -2.40. The molecule has 0 heterocycles. The van der Waals surface area contributed by atoms with Crippen molar-refractivity contribution in [2.45, 2.75) is 39.2 Å². The maximum absolute atomic E-state index is 3.61. The van der Waals surface area contributed by atoms with Gasteiger partial charge in [-0.25, -0.2) is 0 Å². The second-order valence-corrected chi connectivity index (χ2v) is 4.46. The van der Waals surface area contributed by atoms with Gasteiger partial charge in [0.1, 0.15) is 0 Å². The number of likely N-dealkylation sites (N-methyl/N-ethyl adjacent to an activating group) is 1. The predicted molar refractivity (Wildman–Crippen MR) is 58.0 cm³/mol. The van der Waals surface area contributed by atoms with Gasteiger partial charge in [0.15, 0.2) is 0 Å². The van der Waals surface area contributed by atoms with Gasteiger partial charge in [0.25, 0.3) is 0 Å². The van der Waals surface area contributed by atoms with E-state index in [0.717, 1.165) is 12.5 Å². The predicted octanol–water partition coefficient (Wildman–Crippen LogP) is 1.72. The van der Waals surface area contributed by atoms with Crippen LogP contribution in [-0.2, 0) is 0 Å². The molecule has 78 valence electrons. The van der Waals surface area contributed by atoms with Crippen LogP contribution in [0.5, 0.6) is 0 Å². The van der Waals surface area contributed by atoms with E-state index in [2.05, 4.69) is 31.1 Å². The zero-order valence-corrected chi connectivity index (χ0v) is 9.34. The molecule has 2 heteroatoms. The minimum atomic E-state index is 0.644. The van der Waals surface area contributed by atoms with Crippen molar-refractivity contribution < 1.29 is 0 Å². The molecule has 1 N–H and O–H groups in total. The standard InChI is InChI=1S/C11H24N2/c1-4-13(3)9-10(2)12-8-11-6-5-7-11/h10-12H,4-9H2,1-3H3. The van der Waals surface area contributed by atoms with Gasteiger partial charge in [0, 0.05) is 12.6 Å². The summed E-state index contributed by atoms with van der Waals surface area (Å²) < 4.78 is 0. The van der Waals surface area contributed by atoms with Crippen molar-refractivity contribution in [1.29, 1.82) is 0 Å².